The predicted molar refractivity (Wildman–Crippen MR) is 139 cm³/mol. The molecule has 0 radical (unpaired) electrons. The van der Waals surface area contributed by atoms with E-state index in [9.17, 15) is 14.9 Å². The number of fused-ring (bicyclic) bond motifs is 1. The highest BCUT2D eigenvalue weighted by atomic mass is 35.5. The van der Waals surface area contributed by atoms with Crippen molar-refractivity contribution in [3.63, 3.8) is 0 Å². The fourth-order valence-electron chi connectivity index (χ4n) is 4.88. The number of benzene rings is 1. The number of pyridine rings is 1. The Morgan fingerprint density at radius 2 is 1.86 bits per heavy atom. The zero-order chi connectivity index (χ0) is 26.4. The summed E-state index contributed by atoms with van der Waals surface area (Å²) >= 11 is 6.24. The molecular weight excluding hydrogens is 492 g/mol. The Labute approximate surface area is 218 Å². The van der Waals surface area contributed by atoms with Gasteiger partial charge < -0.3 is 13.9 Å². The predicted octanol–water partition coefficient (Wildman–Crippen LogP) is 4.51. The lowest BCUT2D eigenvalue weighted by Crippen LogP contribution is -2.31. The molecule has 0 spiro atoms. The maximum Gasteiger partial charge on any atom is 0.269 e. The SMILES string of the molecule is COc1ncncc1-c1cc2c(n1C(C)C)C(c1ccc(C#N)cc1)N(c1cc(Cl)c(=O)n(C)c1)C2=O. The van der Waals surface area contributed by atoms with Crippen LogP contribution >= 0.6 is 11.6 Å². The van der Waals surface area contributed by atoms with Crippen molar-refractivity contribution in [1.29, 1.82) is 5.26 Å². The lowest BCUT2D eigenvalue weighted by Gasteiger charge is -2.29. The monoisotopic (exact) mass is 514 g/mol. The summed E-state index contributed by atoms with van der Waals surface area (Å²) in [6.07, 6.45) is 4.68. The summed E-state index contributed by atoms with van der Waals surface area (Å²) in [6.45, 7) is 4.07. The molecule has 0 aliphatic carbocycles. The van der Waals surface area contributed by atoms with Crippen molar-refractivity contribution in [3.8, 4) is 23.2 Å². The Morgan fingerprint density at radius 1 is 1.14 bits per heavy atom. The van der Waals surface area contributed by atoms with Gasteiger partial charge in [0, 0.05) is 25.5 Å². The maximum atomic E-state index is 14.1. The van der Waals surface area contributed by atoms with Crippen LogP contribution < -0.4 is 15.2 Å². The van der Waals surface area contributed by atoms with Crippen molar-refractivity contribution in [2.24, 2.45) is 7.05 Å². The topological polar surface area (TPSA) is 106 Å². The standard InChI is InChI=1S/C27H23ClN6O3/c1-15(2)33-22(20-12-30-14-31-25(20)37-4)10-19-24(33)23(17-7-5-16(11-29)6-8-17)34(26(19)35)18-9-21(28)27(36)32(3)13-18/h5-10,12-15,23H,1-4H3. The van der Waals surface area contributed by atoms with E-state index in [4.69, 9.17) is 16.3 Å². The first-order valence-corrected chi connectivity index (χ1v) is 11.9. The molecule has 1 aliphatic rings. The minimum Gasteiger partial charge on any atom is -0.480 e. The Balaban J connectivity index is 1.80. The van der Waals surface area contributed by atoms with Gasteiger partial charge in [-0.25, -0.2) is 9.97 Å². The number of nitrogens with zero attached hydrogens (tertiary/aromatic N) is 6. The zero-order valence-electron chi connectivity index (χ0n) is 20.6. The first kappa shape index (κ1) is 24.3. The van der Waals surface area contributed by atoms with Crippen LogP contribution in [0.15, 0.2) is 59.9 Å². The number of hydrogen-bond acceptors (Lipinski definition) is 6. The molecular formula is C27H23ClN6O3. The van der Waals surface area contributed by atoms with Gasteiger partial charge in [-0.2, -0.15) is 5.26 Å². The Morgan fingerprint density at radius 3 is 2.49 bits per heavy atom. The Bertz CT molecular complexity index is 1610. The molecule has 3 aromatic heterocycles. The van der Waals surface area contributed by atoms with Crippen LogP contribution in [0.2, 0.25) is 5.02 Å². The van der Waals surface area contributed by atoms with Crippen LogP contribution in [0.3, 0.4) is 0 Å². The van der Waals surface area contributed by atoms with Gasteiger partial charge in [0.05, 0.1) is 46.9 Å². The van der Waals surface area contributed by atoms with E-state index >= 15 is 0 Å². The van der Waals surface area contributed by atoms with Crippen molar-refractivity contribution in [2.75, 3.05) is 12.0 Å². The third kappa shape index (κ3) is 3.86. The van der Waals surface area contributed by atoms with Gasteiger partial charge in [-0.05, 0) is 43.7 Å². The van der Waals surface area contributed by atoms with Crippen molar-refractivity contribution in [1.82, 2.24) is 19.1 Å². The van der Waals surface area contributed by atoms with Crippen LogP contribution in [-0.4, -0.2) is 32.1 Å². The summed E-state index contributed by atoms with van der Waals surface area (Å²) in [5, 5.41) is 9.33. The molecule has 1 atom stereocenters. The number of amides is 1. The van der Waals surface area contributed by atoms with E-state index in [0.717, 1.165) is 17.0 Å². The van der Waals surface area contributed by atoms with Gasteiger partial charge in [0.2, 0.25) is 5.88 Å². The maximum absolute atomic E-state index is 14.1. The molecule has 0 N–H and O–H groups in total. The number of halogens is 1. The summed E-state index contributed by atoms with van der Waals surface area (Å²) < 4.78 is 8.93. The molecule has 1 unspecified atom stereocenters. The van der Waals surface area contributed by atoms with Crippen LogP contribution in [-0.2, 0) is 7.05 Å². The highest BCUT2D eigenvalue weighted by molar-refractivity contribution is 6.30. The molecule has 0 saturated carbocycles. The van der Waals surface area contributed by atoms with E-state index in [1.165, 1.54) is 24.1 Å². The summed E-state index contributed by atoms with van der Waals surface area (Å²) in [5.41, 5.74) is 4.15. The van der Waals surface area contributed by atoms with Crippen molar-refractivity contribution < 1.29 is 9.53 Å². The number of ether oxygens (including phenoxy) is 1. The van der Waals surface area contributed by atoms with E-state index < -0.39 is 6.04 Å². The first-order chi connectivity index (χ1) is 17.8. The van der Waals surface area contributed by atoms with Crippen LogP contribution in [0.25, 0.3) is 11.3 Å². The number of anilines is 1. The average molecular weight is 515 g/mol. The van der Waals surface area contributed by atoms with Crippen LogP contribution in [0, 0.1) is 11.3 Å². The molecule has 4 aromatic rings. The fourth-order valence-corrected chi connectivity index (χ4v) is 5.12. The molecule has 1 amide bonds. The van der Waals surface area contributed by atoms with Gasteiger partial charge in [-0.1, -0.05) is 23.7 Å². The minimum atomic E-state index is -0.546. The molecule has 5 rings (SSSR count). The summed E-state index contributed by atoms with van der Waals surface area (Å²) in [4.78, 5) is 36.4. The number of carbonyl (C=O) groups excluding carboxylic acids is 1. The number of nitriles is 1. The van der Waals surface area contributed by atoms with E-state index in [2.05, 4.69) is 20.6 Å². The zero-order valence-corrected chi connectivity index (χ0v) is 21.4. The molecule has 37 heavy (non-hydrogen) atoms. The molecule has 1 aliphatic heterocycles. The van der Waals surface area contributed by atoms with E-state index in [1.54, 1.807) is 36.5 Å². The van der Waals surface area contributed by atoms with E-state index in [0.29, 0.717) is 28.3 Å². The number of aromatic nitrogens is 4. The number of carbonyl (C=O) groups is 1. The van der Waals surface area contributed by atoms with Crippen molar-refractivity contribution in [3.05, 3.63) is 92.9 Å². The van der Waals surface area contributed by atoms with Gasteiger partial charge in [0.25, 0.3) is 11.5 Å². The molecule has 186 valence electrons. The van der Waals surface area contributed by atoms with Gasteiger partial charge in [-0.15, -0.1) is 0 Å². The van der Waals surface area contributed by atoms with Gasteiger partial charge in [-0.3, -0.25) is 14.5 Å². The second kappa shape index (κ2) is 9.22. The third-order valence-electron chi connectivity index (χ3n) is 6.46. The summed E-state index contributed by atoms with van der Waals surface area (Å²) in [6, 6.07) is 12.0. The van der Waals surface area contributed by atoms with Crippen LogP contribution in [0.4, 0.5) is 5.69 Å². The quantitative estimate of drug-likeness (QED) is 0.388. The first-order valence-electron chi connectivity index (χ1n) is 11.6. The highest BCUT2D eigenvalue weighted by Gasteiger charge is 2.43. The number of methoxy groups -OCH3 is 1. The average Bonchev–Trinajstić information content (AvgIpc) is 3.42. The molecule has 1 aromatic carbocycles. The van der Waals surface area contributed by atoms with Gasteiger partial charge >= 0.3 is 0 Å². The third-order valence-corrected chi connectivity index (χ3v) is 6.73. The normalized spacial score (nSPS) is 14.7. The smallest absolute Gasteiger partial charge is 0.269 e. The van der Waals surface area contributed by atoms with Crippen molar-refractivity contribution in [2.45, 2.75) is 25.9 Å². The van der Waals surface area contributed by atoms with Gasteiger partial charge in [0.1, 0.15) is 17.4 Å². The Kier molecular flexibility index (Phi) is 6.05. The molecule has 9 nitrogen and oxygen atoms in total. The largest absolute Gasteiger partial charge is 0.480 e. The summed E-state index contributed by atoms with van der Waals surface area (Å²) in [5.74, 6) is 0.160. The molecule has 4 heterocycles. The molecule has 0 saturated heterocycles. The lowest BCUT2D eigenvalue weighted by molar-refractivity contribution is 0.0993. The Hall–Kier alpha value is -4.42. The molecule has 10 heteroatoms. The van der Waals surface area contributed by atoms with Crippen LogP contribution in [0.5, 0.6) is 5.88 Å². The van der Waals surface area contributed by atoms with Gasteiger partial charge in [0.15, 0.2) is 0 Å². The van der Waals surface area contributed by atoms with E-state index in [1.807, 2.05) is 32.0 Å². The minimum absolute atomic E-state index is 0.0153. The molecule has 0 fully saturated rings. The number of rotatable bonds is 5. The molecule has 0 bridgehead atoms. The van der Waals surface area contributed by atoms with E-state index in [-0.39, 0.29) is 22.5 Å². The second-order valence-corrected chi connectivity index (χ2v) is 9.42. The second-order valence-electron chi connectivity index (χ2n) is 9.01. The van der Waals surface area contributed by atoms with Crippen molar-refractivity contribution >= 4 is 23.2 Å². The highest BCUT2D eigenvalue weighted by Crippen LogP contribution is 2.46. The fraction of sp³-hybridized carbons (Fsp3) is 0.222. The number of hydrogen-bond donors (Lipinski definition) is 0. The van der Waals surface area contributed by atoms with Crippen LogP contribution in [0.1, 0.15) is 53.1 Å². The lowest BCUT2D eigenvalue weighted by atomic mass is 10.0. The summed E-state index contributed by atoms with van der Waals surface area (Å²) in [7, 11) is 3.13. The number of aryl methyl sites for hydroxylation is 1.